The van der Waals surface area contributed by atoms with Gasteiger partial charge >= 0.3 is 0 Å². The van der Waals surface area contributed by atoms with Crippen molar-refractivity contribution in [2.75, 3.05) is 6.54 Å². The molecule has 1 amide bonds. The zero-order chi connectivity index (χ0) is 16.9. The van der Waals surface area contributed by atoms with Crippen LogP contribution in [-0.4, -0.2) is 23.0 Å². The van der Waals surface area contributed by atoms with Crippen LogP contribution in [0.2, 0.25) is 0 Å². The zero-order valence-electron chi connectivity index (χ0n) is 14.9. The molecule has 0 saturated carbocycles. The van der Waals surface area contributed by atoms with Gasteiger partial charge in [-0.3, -0.25) is 9.78 Å². The Bertz CT molecular complexity index is 665. The summed E-state index contributed by atoms with van der Waals surface area (Å²) >= 11 is 0. The molecule has 0 aliphatic heterocycles. The lowest BCUT2D eigenvalue weighted by molar-refractivity contribution is 0.0898. The van der Waals surface area contributed by atoms with E-state index in [0.717, 1.165) is 17.5 Å². The van der Waals surface area contributed by atoms with Crippen LogP contribution in [0, 0.1) is 5.92 Å². The van der Waals surface area contributed by atoms with Crippen LogP contribution in [-0.2, 0) is 0 Å². The number of nitrogens with one attached hydrogen (secondary N) is 1. The van der Waals surface area contributed by atoms with Gasteiger partial charge in [-0.1, -0.05) is 44.2 Å². The molecular weight excluding hydrogens is 357 g/mol. The summed E-state index contributed by atoms with van der Waals surface area (Å²) in [6.07, 6.45) is 4.19. The number of nitrogens with two attached hydrogens (primary N) is 1. The standard InChI is InChI=1S/C19H25N3O.2ClH/c1-14(2)10-19(3,13-20)22-18(23)17-9-16(11-21-12-17)15-7-5-4-6-8-15;;/h4-9,11-12,14H,10,13,20H2,1-3H3,(H,22,23);2*1H. The van der Waals surface area contributed by atoms with Crippen molar-refractivity contribution in [3.05, 3.63) is 54.4 Å². The predicted molar refractivity (Wildman–Crippen MR) is 109 cm³/mol. The van der Waals surface area contributed by atoms with Crippen molar-refractivity contribution in [2.24, 2.45) is 11.7 Å². The van der Waals surface area contributed by atoms with Crippen molar-refractivity contribution in [3.8, 4) is 11.1 Å². The number of carbonyl (C=O) groups is 1. The average molecular weight is 384 g/mol. The molecule has 1 aromatic heterocycles. The Kier molecular flexibility index (Phi) is 9.72. The number of hydrogen-bond donors (Lipinski definition) is 2. The van der Waals surface area contributed by atoms with Crippen molar-refractivity contribution in [1.29, 1.82) is 0 Å². The van der Waals surface area contributed by atoms with E-state index in [1.165, 1.54) is 0 Å². The second kappa shape index (κ2) is 10.4. The molecular formula is C19H27Cl2N3O. The number of nitrogens with zero attached hydrogens (tertiary/aromatic N) is 1. The third kappa shape index (κ3) is 6.65. The van der Waals surface area contributed by atoms with E-state index in [9.17, 15) is 4.79 Å². The molecule has 1 unspecified atom stereocenters. The van der Waals surface area contributed by atoms with Crippen molar-refractivity contribution >= 4 is 30.7 Å². The maximum Gasteiger partial charge on any atom is 0.253 e. The van der Waals surface area contributed by atoms with Crippen molar-refractivity contribution < 1.29 is 4.79 Å². The van der Waals surface area contributed by atoms with E-state index in [2.05, 4.69) is 24.1 Å². The Labute approximate surface area is 162 Å². The van der Waals surface area contributed by atoms with E-state index in [1.807, 2.05) is 43.3 Å². The van der Waals surface area contributed by atoms with Gasteiger partial charge in [-0.25, -0.2) is 0 Å². The molecule has 0 aliphatic rings. The van der Waals surface area contributed by atoms with Crippen LogP contribution in [0.5, 0.6) is 0 Å². The SMILES string of the molecule is CC(C)CC(C)(CN)NC(=O)c1cncc(-c2ccccc2)c1.Cl.Cl. The molecule has 0 saturated heterocycles. The maximum absolute atomic E-state index is 12.6. The summed E-state index contributed by atoms with van der Waals surface area (Å²) < 4.78 is 0. The van der Waals surface area contributed by atoms with Gasteiger partial charge in [0, 0.05) is 30.0 Å². The monoisotopic (exact) mass is 383 g/mol. The van der Waals surface area contributed by atoms with E-state index in [4.69, 9.17) is 5.73 Å². The summed E-state index contributed by atoms with van der Waals surface area (Å²) in [5.41, 5.74) is 7.98. The number of carbonyl (C=O) groups excluding carboxylic acids is 1. The van der Waals surface area contributed by atoms with Gasteiger partial charge in [0.15, 0.2) is 0 Å². The van der Waals surface area contributed by atoms with E-state index in [1.54, 1.807) is 12.4 Å². The topological polar surface area (TPSA) is 68.0 Å². The van der Waals surface area contributed by atoms with Crippen molar-refractivity contribution in [1.82, 2.24) is 10.3 Å². The lowest BCUT2D eigenvalue weighted by Gasteiger charge is -2.31. The first-order valence-electron chi connectivity index (χ1n) is 7.96. The molecule has 0 radical (unpaired) electrons. The molecule has 4 nitrogen and oxygen atoms in total. The molecule has 0 spiro atoms. The van der Waals surface area contributed by atoms with Gasteiger partial charge in [0.1, 0.15) is 0 Å². The van der Waals surface area contributed by atoms with Crippen LogP contribution in [0.25, 0.3) is 11.1 Å². The molecule has 6 heteroatoms. The van der Waals surface area contributed by atoms with Gasteiger partial charge in [-0.2, -0.15) is 0 Å². The fourth-order valence-electron chi connectivity index (χ4n) is 2.79. The smallest absolute Gasteiger partial charge is 0.253 e. The molecule has 2 rings (SSSR count). The average Bonchev–Trinajstić information content (AvgIpc) is 2.55. The normalized spacial score (nSPS) is 12.5. The largest absolute Gasteiger partial charge is 0.346 e. The van der Waals surface area contributed by atoms with Gasteiger partial charge in [-0.05, 0) is 30.9 Å². The van der Waals surface area contributed by atoms with Crippen LogP contribution in [0.3, 0.4) is 0 Å². The van der Waals surface area contributed by atoms with Crippen LogP contribution in [0.4, 0.5) is 0 Å². The second-order valence-corrected chi connectivity index (χ2v) is 6.65. The zero-order valence-corrected chi connectivity index (χ0v) is 16.5. The molecule has 3 N–H and O–H groups in total. The molecule has 0 aliphatic carbocycles. The fraction of sp³-hybridized carbons (Fsp3) is 0.368. The van der Waals surface area contributed by atoms with Crippen LogP contribution in [0.1, 0.15) is 37.6 Å². The number of benzene rings is 1. The van der Waals surface area contributed by atoms with Crippen LogP contribution in [0.15, 0.2) is 48.8 Å². The quantitative estimate of drug-likeness (QED) is 0.789. The fourth-order valence-corrected chi connectivity index (χ4v) is 2.79. The number of rotatable bonds is 6. The predicted octanol–water partition coefficient (Wildman–Crippen LogP) is 4.09. The molecule has 0 bridgehead atoms. The highest BCUT2D eigenvalue weighted by Crippen LogP contribution is 2.20. The van der Waals surface area contributed by atoms with E-state index in [-0.39, 0.29) is 30.7 Å². The molecule has 1 heterocycles. The lowest BCUT2D eigenvalue weighted by atomic mass is 9.90. The summed E-state index contributed by atoms with van der Waals surface area (Å²) in [6.45, 7) is 6.64. The van der Waals surface area contributed by atoms with E-state index in [0.29, 0.717) is 18.0 Å². The summed E-state index contributed by atoms with van der Waals surface area (Å²) in [5.74, 6) is 0.321. The summed E-state index contributed by atoms with van der Waals surface area (Å²) in [5, 5.41) is 3.07. The molecule has 1 atom stereocenters. The number of amides is 1. The highest BCUT2D eigenvalue weighted by atomic mass is 35.5. The molecule has 138 valence electrons. The summed E-state index contributed by atoms with van der Waals surface area (Å²) in [6, 6.07) is 11.8. The Morgan fingerprint density at radius 1 is 1.16 bits per heavy atom. The summed E-state index contributed by atoms with van der Waals surface area (Å²) in [7, 11) is 0. The maximum atomic E-state index is 12.6. The number of hydrogen-bond acceptors (Lipinski definition) is 3. The van der Waals surface area contributed by atoms with Gasteiger partial charge in [0.05, 0.1) is 5.56 Å². The molecule has 25 heavy (non-hydrogen) atoms. The Morgan fingerprint density at radius 2 is 1.80 bits per heavy atom. The first-order valence-corrected chi connectivity index (χ1v) is 7.96. The highest BCUT2D eigenvalue weighted by Gasteiger charge is 2.26. The molecule has 1 aromatic carbocycles. The van der Waals surface area contributed by atoms with Crippen molar-refractivity contribution in [2.45, 2.75) is 32.7 Å². The van der Waals surface area contributed by atoms with Gasteiger partial charge in [0.2, 0.25) is 0 Å². The first kappa shape index (κ1) is 23.4. The minimum atomic E-state index is -0.409. The Morgan fingerprint density at radius 3 is 2.36 bits per heavy atom. The molecule has 0 fully saturated rings. The summed E-state index contributed by atoms with van der Waals surface area (Å²) in [4.78, 5) is 16.8. The van der Waals surface area contributed by atoms with Gasteiger partial charge in [-0.15, -0.1) is 24.8 Å². The van der Waals surface area contributed by atoms with E-state index >= 15 is 0 Å². The van der Waals surface area contributed by atoms with Crippen molar-refractivity contribution in [3.63, 3.8) is 0 Å². The van der Waals surface area contributed by atoms with Gasteiger partial charge < -0.3 is 11.1 Å². The number of aromatic nitrogens is 1. The van der Waals surface area contributed by atoms with Gasteiger partial charge in [0.25, 0.3) is 5.91 Å². The minimum Gasteiger partial charge on any atom is -0.346 e. The minimum absolute atomic E-state index is 0. The third-order valence-corrected chi connectivity index (χ3v) is 3.83. The van der Waals surface area contributed by atoms with Crippen LogP contribution < -0.4 is 11.1 Å². The van der Waals surface area contributed by atoms with Crippen LogP contribution >= 0.6 is 24.8 Å². The first-order chi connectivity index (χ1) is 10.9. The Balaban J connectivity index is 0.00000288. The lowest BCUT2D eigenvalue weighted by Crippen LogP contribution is -2.52. The van der Waals surface area contributed by atoms with E-state index < -0.39 is 5.54 Å². The number of halogens is 2. The third-order valence-electron chi connectivity index (χ3n) is 3.83. The second-order valence-electron chi connectivity index (χ2n) is 6.65. The number of pyridine rings is 1. The highest BCUT2D eigenvalue weighted by molar-refractivity contribution is 5.95. The molecule has 2 aromatic rings. The Hall–Kier alpha value is -1.62.